The van der Waals surface area contributed by atoms with Crippen molar-refractivity contribution in [2.75, 3.05) is 62.7 Å². The molecule has 1 aromatic carbocycles. The van der Waals surface area contributed by atoms with Crippen LogP contribution in [0.1, 0.15) is 16.9 Å². The number of fused-ring (bicyclic) bond motifs is 1. The number of nitrogens with zero attached hydrogens (tertiary/aromatic N) is 6. The Hall–Kier alpha value is -5.02. The van der Waals surface area contributed by atoms with Gasteiger partial charge in [-0.25, -0.2) is 28.3 Å². The van der Waals surface area contributed by atoms with Crippen molar-refractivity contribution >= 4 is 41.2 Å². The van der Waals surface area contributed by atoms with Crippen LogP contribution < -0.4 is 20.4 Å². The predicted molar refractivity (Wildman–Crippen MR) is 143 cm³/mol. The van der Waals surface area contributed by atoms with E-state index >= 15 is 8.78 Å². The molecule has 16 heteroatoms. The van der Waals surface area contributed by atoms with E-state index in [2.05, 4.69) is 25.3 Å². The molecular weight excluding hydrogens is 558 g/mol. The molecule has 5 rings (SSSR count). The molecule has 3 aromatic rings. The van der Waals surface area contributed by atoms with Crippen LogP contribution in [0.25, 0.3) is 5.78 Å². The number of halogens is 2. The molecular formula is C26H28F2N8O6. The number of hydrogen-bond donors (Lipinski definition) is 2. The van der Waals surface area contributed by atoms with Crippen LogP contribution in [0.5, 0.6) is 0 Å². The number of rotatable bonds is 7. The van der Waals surface area contributed by atoms with Crippen LogP contribution in [0, 0.1) is 11.6 Å². The lowest BCUT2D eigenvalue weighted by atomic mass is 10.2. The molecule has 0 aliphatic carbocycles. The highest BCUT2D eigenvalue weighted by molar-refractivity contribution is 5.95. The van der Waals surface area contributed by atoms with Gasteiger partial charge in [-0.1, -0.05) is 0 Å². The molecule has 4 amide bonds. The number of hydrogen-bond acceptors (Lipinski definition) is 9. The number of benzene rings is 1. The van der Waals surface area contributed by atoms with Gasteiger partial charge in [0, 0.05) is 56.9 Å². The minimum atomic E-state index is -0.872. The molecule has 0 spiro atoms. The molecule has 2 N–H and O–H groups in total. The fourth-order valence-electron chi connectivity index (χ4n) is 4.81. The zero-order valence-corrected chi connectivity index (χ0v) is 22.6. The first-order chi connectivity index (χ1) is 20.2. The van der Waals surface area contributed by atoms with Crippen LogP contribution in [0.3, 0.4) is 0 Å². The number of methoxy groups -OCH3 is 1. The maximum absolute atomic E-state index is 15.2. The van der Waals surface area contributed by atoms with Crippen molar-refractivity contribution in [3.8, 4) is 0 Å². The second-order valence-corrected chi connectivity index (χ2v) is 9.60. The lowest BCUT2D eigenvalue weighted by Gasteiger charge is -2.25. The smallest absolute Gasteiger partial charge is 0.414 e. The Kier molecular flexibility index (Phi) is 8.31. The van der Waals surface area contributed by atoms with E-state index in [1.54, 1.807) is 22.9 Å². The topological polar surface area (TPSA) is 151 Å². The molecule has 4 heterocycles. The molecule has 0 unspecified atom stereocenters. The van der Waals surface area contributed by atoms with Gasteiger partial charge in [0.05, 0.1) is 32.4 Å². The van der Waals surface area contributed by atoms with Crippen molar-refractivity contribution in [3.63, 3.8) is 0 Å². The molecule has 2 saturated heterocycles. The van der Waals surface area contributed by atoms with Crippen LogP contribution in [-0.2, 0) is 14.3 Å². The molecule has 0 radical (unpaired) electrons. The number of cyclic esters (lactones) is 1. The summed E-state index contributed by atoms with van der Waals surface area (Å²) in [6.07, 6.45) is 2.97. The summed E-state index contributed by atoms with van der Waals surface area (Å²) in [5.41, 5.74) is -0.171. The molecule has 1 atom stereocenters. The molecule has 222 valence electrons. The van der Waals surface area contributed by atoms with Crippen molar-refractivity contribution in [1.29, 1.82) is 0 Å². The zero-order chi connectivity index (χ0) is 29.8. The van der Waals surface area contributed by atoms with Crippen LogP contribution in [-0.4, -0.2) is 102 Å². The molecule has 14 nitrogen and oxygen atoms in total. The third-order valence-corrected chi connectivity index (χ3v) is 6.88. The maximum atomic E-state index is 15.2. The fourth-order valence-corrected chi connectivity index (χ4v) is 4.81. The lowest BCUT2D eigenvalue weighted by Crippen LogP contribution is -2.42. The lowest BCUT2D eigenvalue weighted by molar-refractivity contribution is -0.129. The standard InChI is InChI=1S/C26H28F2N8O6/c1-41-25(39)31-12-17-14-36(26(40)42-17)16-10-18(27)22(19(28)11-16)34-7-3-6-33(8-9-34)21(37)13-30-23(38)20-15-35-5-2-4-29-24(35)32-20/h2,4-5,10-11,15,17H,3,6-9,12-14H2,1H3,(H,30,38)(H,31,39)/t17-/m0/s1. The number of alkyl carbamates (subject to hydrolysis) is 1. The quantitative estimate of drug-likeness (QED) is 0.416. The van der Waals surface area contributed by atoms with Gasteiger partial charge in [-0.05, 0) is 12.5 Å². The van der Waals surface area contributed by atoms with E-state index in [0.717, 1.165) is 17.0 Å². The van der Waals surface area contributed by atoms with Gasteiger partial charge in [0.25, 0.3) is 5.91 Å². The summed E-state index contributed by atoms with van der Waals surface area (Å²) >= 11 is 0. The summed E-state index contributed by atoms with van der Waals surface area (Å²) in [5, 5.41) is 4.97. The SMILES string of the molecule is COC(=O)NC[C@H]1CN(c2cc(F)c(N3CCCN(C(=O)CNC(=O)c4cn5cccnc5n4)CC3)c(F)c2)C(=O)O1. The molecule has 0 bridgehead atoms. The summed E-state index contributed by atoms with van der Waals surface area (Å²) in [6, 6.07) is 3.80. The predicted octanol–water partition coefficient (Wildman–Crippen LogP) is 1.16. The van der Waals surface area contributed by atoms with Gasteiger partial charge in [-0.15, -0.1) is 0 Å². The average Bonchev–Trinajstić information content (AvgIpc) is 3.50. The minimum Gasteiger partial charge on any atom is -0.453 e. The highest BCUT2D eigenvalue weighted by Gasteiger charge is 2.34. The van der Waals surface area contributed by atoms with E-state index in [1.165, 1.54) is 23.1 Å². The van der Waals surface area contributed by atoms with E-state index in [-0.39, 0.29) is 62.2 Å². The Morgan fingerprint density at radius 3 is 2.64 bits per heavy atom. The first kappa shape index (κ1) is 28.5. The second kappa shape index (κ2) is 12.2. The van der Waals surface area contributed by atoms with Gasteiger partial charge in [0.1, 0.15) is 17.5 Å². The Morgan fingerprint density at radius 2 is 1.90 bits per heavy atom. The van der Waals surface area contributed by atoms with Crippen molar-refractivity contribution in [2.45, 2.75) is 12.5 Å². The summed E-state index contributed by atoms with van der Waals surface area (Å²) in [6.45, 7) is 0.643. The number of imidazole rings is 1. The normalized spacial score (nSPS) is 17.2. The van der Waals surface area contributed by atoms with Crippen molar-refractivity contribution < 1.29 is 37.4 Å². The highest BCUT2D eigenvalue weighted by Crippen LogP contribution is 2.31. The zero-order valence-electron chi connectivity index (χ0n) is 22.6. The number of nitrogens with one attached hydrogen (secondary N) is 2. The summed E-state index contributed by atoms with van der Waals surface area (Å²) < 4.78 is 41.7. The van der Waals surface area contributed by atoms with Crippen LogP contribution >= 0.6 is 0 Å². The average molecular weight is 587 g/mol. The first-order valence-electron chi connectivity index (χ1n) is 13.1. The number of carbonyl (C=O) groups is 4. The Bertz CT molecular complexity index is 1460. The minimum absolute atomic E-state index is 0.0214. The molecule has 0 saturated carbocycles. The van der Waals surface area contributed by atoms with Gasteiger partial charge in [0.2, 0.25) is 11.7 Å². The molecule has 2 aliphatic heterocycles. The fraction of sp³-hybridized carbons (Fsp3) is 0.385. The van der Waals surface area contributed by atoms with Gasteiger partial charge >= 0.3 is 12.2 Å². The van der Waals surface area contributed by atoms with Crippen molar-refractivity contribution in [1.82, 2.24) is 29.9 Å². The van der Waals surface area contributed by atoms with E-state index < -0.39 is 35.8 Å². The van der Waals surface area contributed by atoms with E-state index in [1.807, 2.05) is 0 Å². The third kappa shape index (κ3) is 6.16. The molecule has 42 heavy (non-hydrogen) atoms. The number of aromatic nitrogens is 3. The number of carbonyl (C=O) groups excluding carboxylic acids is 4. The van der Waals surface area contributed by atoms with Gasteiger partial charge in [0.15, 0.2) is 11.6 Å². The summed E-state index contributed by atoms with van der Waals surface area (Å²) in [4.78, 5) is 61.2. The molecule has 2 fully saturated rings. The monoisotopic (exact) mass is 586 g/mol. The summed E-state index contributed by atoms with van der Waals surface area (Å²) in [5.74, 6) is -2.26. The molecule has 2 aliphatic rings. The van der Waals surface area contributed by atoms with Gasteiger partial charge < -0.3 is 29.9 Å². The highest BCUT2D eigenvalue weighted by atomic mass is 19.1. The number of ether oxygens (including phenoxy) is 2. The van der Waals surface area contributed by atoms with E-state index in [4.69, 9.17) is 4.74 Å². The van der Waals surface area contributed by atoms with Crippen molar-refractivity contribution in [3.05, 3.63) is 54.1 Å². The van der Waals surface area contributed by atoms with Gasteiger partial charge in [-0.2, -0.15) is 0 Å². The largest absolute Gasteiger partial charge is 0.453 e. The van der Waals surface area contributed by atoms with Crippen molar-refractivity contribution in [2.24, 2.45) is 0 Å². The second-order valence-electron chi connectivity index (χ2n) is 9.60. The van der Waals surface area contributed by atoms with Crippen LogP contribution in [0.4, 0.5) is 29.7 Å². The van der Waals surface area contributed by atoms with E-state index in [9.17, 15) is 19.2 Å². The van der Waals surface area contributed by atoms with E-state index in [0.29, 0.717) is 18.7 Å². The Morgan fingerprint density at radius 1 is 1.12 bits per heavy atom. The van der Waals surface area contributed by atoms with Gasteiger partial charge in [-0.3, -0.25) is 18.9 Å². The first-order valence-corrected chi connectivity index (χ1v) is 13.1. The summed E-state index contributed by atoms with van der Waals surface area (Å²) in [7, 11) is 1.19. The maximum Gasteiger partial charge on any atom is 0.414 e. The van der Waals surface area contributed by atoms with Crippen LogP contribution in [0.2, 0.25) is 0 Å². The van der Waals surface area contributed by atoms with Crippen LogP contribution in [0.15, 0.2) is 36.8 Å². The Balaban J connectivity index is 1.17. The molecule has 2 aromatic heterocycles. The Labute approximate surface area is 238 Å². The third-order valence-electron chi connectivity index (χ3n) is 6.88. The number of amides is 4. The number of anilines is 2.